The van der Waals surface area contributed by atoms with Crippen LogP contribution in [0.4, 0.5) is 0 Å². The Balaban J connectivity index is 1.81. The van der Waals surface area contributed by atoms with E-state index in [2.05, 4.69) is 41.1 Å². The molecule has 0 spiro atoms. The average Bonchev–Trinajstić information content (AvgIpc) is 3.03. The predicted molar refractivity (Wildman–Crippen MR) is 78.0 cm³/mol. The zero-order chi connectivity index (χ0) is 12.4. The van der Waals surface area contributed by atoms with Crippen molar-refractivity contribution in [3.05, 3.63) is 30.1 Å². The first-order chi connectivity index (χ1) is 8.88. The molecule has 0 aliphatic carbocycles. The topological polar surface area (TPSA) is 29.9 Å². The Labute approximate surface area is 112 Å². The van der Waals surface area contributed by atoms with Crippen LogP contribution in [0.15, 0.2) is 24.3 Å². The molecule has 3 rings (SSSR count). The van der Waals surface area contributed by atoms with Crippen molar-refractivity contribution in [1.29, 1.82) is 0 Å². The molecule has 1 aromatic carbocycles. The Kier molecular flexibility index (Phi) is 3.57. The Morgan fingerprint density at radius 2 is 2.33 bits per heavy atom. The normalized spacial score (nSPS) is 19.7. The third-order valence-corrected chi connectivity index (χ3v) is 4.69. The molecule has 1 aromatic heterocycles. The largest absolute Gasteiger partial charge is 0.327 e. The molecule has 3 nitrogen and oxygen atoms in total. The number of imidazole rings is 1. The summed E-state index contributed by atoms with van der Waals surface area (Å²) in [5, 5.41) is 3.63. The molecule has 0 amide bonds. The van der Waals surface area contributed by atoms with Gasteiger partial charge in [-0.25, -0.2) is 4.98 Å². The number of benzene rings is 1. The standard InChI is InChI=1S/C14H19N3S/c1-2-17-13-6-4-3-5-12(13)16-14(17)9-15-11-7-8-18-10-11/h3-6,11,15H,2,7-10H2,1H3. The number of thioether (sulfide) groups is 1. The SMILES string of the molecule is CCn1c(CNC2CCSC2)nc2ccccc21. The van der Waals surface area contributed by atoms with Crippen LogP contribution in [0.5, 0.6) is 0 Å². The quantitative estimate of drug-likeness (QED) is 0.917. The highest BCUT2D eigenvalue weighted by Crippen LogP contribution is 2.19. The Bertz CT molecular complexity index is 529. The molecule has 1 saturated heterocycles. The van der Waals surface area contributed by atoms with E-state index in [9.17, 15) is 0 Å². The minimum absolute atomic E-state index is 0.667. The molecule has 0 bridgehead atoms. The molecule has 0 saturated carbocycles. The molecule has 1 N–H and O–H groups in total. The van der Waals surface area contributed by atoms with Gasteiger partial charge in [0.15, 0.2) is 0 Å². The second-order valence-electron chi connectivity index (χ2n) is 4.70. The van der Waals surface area contributed by atoms with Gasteiger partial charge in [-0.15, -0.1) is 0 Å². The van der Waals surface area contributed by atoms with Gasteiger partial charge in [-0.2, -0.15) is 11.8 Å². The molecule has 96 valence electrons. The maximum absolute atomic E-state index is 4.74. The number of nitrogens with one attached hydrogen (secondary N) is 1. The van der Waals surface area contributed by atoms with Crippen molar-refractivity contribution in [1.82, 2.24) is 14.9 Å². The van der Waals surface area contributed by atoms with Crippen molar-refractivity contribution in [2.24, 2.45) is 0 Å². The van der Waals surface area contributed by atoms with Crippen LogP contribution in [-0.2, 0) is 13.1 Å². The van der Waals surface area contributed by atoms with Gasteiger partial charge >= 0.3 is 0 Å². The van der Waals surface area contributed by atoms with Crippen molar-refractivity contribution in [2.45, 2.75) is 32.5 Å². The molecule has 18 heavy (non-hydrogen) atoms. The molecule has 1 unspecified atom stereocenters. The number of hydrogen-bond acceptors (Lipinski definition) is 3. The summed E-state index contributed by atoms with van der Waals surface area (Å²) in [6.45, 7) is 4.05. The minimum Gasteiger partial charge on any atom is -0.327 e. The second-order valence-corrected chi connectivity index (χ2v) is 5.85. The van der Waals surface area contributed by atoms with E-state index in [-0.39, 0.29) is 0 Å². The van der Waals surface area contributed by atoms with E-state index < -0.39 is 0 Å². The number of rotatable bonds is 4. The van der Waals surface area contributed by atoms with Crippen LogP contribution >= 0.6 is 11.8 Å². The summed E-state index contributed by atoms with van der Waals surface area (Å²) in [5.41, 5.74) is 2.36. The van der Waals surface area contributed by atoms with Crippen LogP contribution < -0.4 is 5.32 Å². The highest BCUT2D eigenvalue weighted by atomic mass is 32.2. The average molecular weight is 261 g/mol. The summed E-state index contributed by atoms with van der Waals surface area (Å²) < 4.78 is 2.31. The summed E-state index contributed by atoms with van der Waals surface area (Å²) in [6, 6.07) is 9.05. The van der Waals surface area contributed by atoms with Gasteiger partial charge in [0.05, 0.1) is 17.6 Å². The van der Waals surface area contributed by atoms with Crippen LogP contribution in [0.3, 0.4) is 0 Å². The first kappa shape index (κ1) is 12.1. The van der Waals surface area contributed by atoms with Crippen molar-refractivity contribution < 1.29 is 0 Å². The van der Waals surface area contributed by atoms with Crippen LogP contribution in [-0.4, -0.2) is 27.1 Å². The van der Waals surface area contributed by atoms with Crippen molar-refractivity contribution in [3.63, 3.8) is 0 Å². The molecular weight excluding hydrogens is 242 g/mol. The number of aryl methyl sites for hydroxylation is 1. The van der Waals surface area contributed by atoms with E-state index in [4.69, 9.17) is 4.98 Å². The molecule has 2 heterocycles. The first-order valence-electron chi connectivity index (χ1n) is 6.63. The summed E-state index contributed by atoms with van der Waals surface area (Å²) in [5.74, 6) is 3.70. The number of nitrogens with zero attached hydrogens (tertiary/aromatic N) is 2. The highest BCUT2D eigenvalue weighted by Gasteiger charge is 2.16. The third-order valence-electron chi connectivity index (χ3n) is 3.53. The predicted octanol–water partition coefficient (Wildman–Crippen LogP) is 2.65. The van der Waals surface area contributed by atoms with E-state index in [0.29, 0.717) is 6.04 Å². The Morgan fingerprint density at radius 1 is 1.44 bits per heavy atom. The second kappa shape index (κ2) is 5.33. The smallest absolute Gasteiger partial charge is 0.123 e. The minimum atomic E-state index is 0.667. The lowest BCUT2D eigenvalue weighted by Crippen LogP contribution is -2.29. The van der Waals surface area contributed by atoms with Crippen LogP contribution in [0.25, 0.3) is 11.0 Å². The Morgan fingerprint density at radius 3 is 3.11 bits per heavy atom. The first-order valence-corrected chi connectivity index (χ1v) is 7.79. The molecule has 1 fully saturated rings. The summed E-state index contributed by atoms with van der Waals surface area (Å²) >= 11 is 2.04. The van der Waals surface area contributed by atoms with Crippen LogP contribution in [0.1, 0.15) is 19.2 Å². The fourth-order valence-corrected chi connectivity index (χ4v) is 3.73. The van der Waals surface area contributed by atoms with Gasteiger partial charge in [0.2, 0.25) is 0 Å². The maximum Gasteiger partial charge on any atom is 0.123 e. The van der Waals surface area contributed by atoms with E-state index in [1.165, 1.54) is 23.4 Å². The summed E-state index contributed by atoms with van der Waals surface area (Å²) in [7, 11) is 0. The Hall–Kier alpha value is -1.00. The maximum atomic E-state index is 4.74. The lowest BCUT2D eigenvalue weighted by atomic mass is 10.2. The number of hydrogen-bond donors (Lipinski definition) is 1. The number of fused-ring (bicyclic) bond motifs is 1. The summed E-state index contributed by atoms with van der Waals surface area (Å²) in [6.07, 6.45) is 1.29. The van der Waals surface area contributed by atoms with Crippen molar-refractivity contribution in [2.75, 3.05) is 11.5 Å². The van der Waals surface area contributed by atoms with Gasteiger partial charge in [-0.05, 0) is 31.2 Å². The summed E-state index contributed by atoms with van der Waals surface area (Å²) in [4.78, 5) is 4.74. The van der Waals surface area contributed by atoms with Crippen molar-refractivity contribution in [3.8, 4) is 0 Å². The van der Waals surface area contributed by atoms with Gasteiger partial charge in [-0.1, -0.05) is 12.1 Å². The van der Waals surface area contributed by atoms with Crippen LogP contribution in [0.2, 0.25) is 0 Å². The van der Waals surface area contributed by atoms with Crippen LogP contribution in [0, 0.1) is 0 Å². The fraction of sp³-hybridized carbons (Fsp3) is 0.500. The molecule has 2 aromatic rings. The molecule has 0 radical (unpaired) electrons. The lowest BCUT2D eigenvalue weighted by molar-refractivity contribution is 0.531. The fourth-order valence-electron chi connectivity index (χ4n) is 2.54. The zero-order valence-corrected chi connectivity index (χ0v) is 11.5. The monoisotopic (exact) mass is 261 g/mol. The third kappa shape index (κ3) is 2.27. The molecule has 4 heteroatoms. The van der Waals surface area contributed by atoms with E-state index in [1.807, 2.05) is 11.8 Å². The number of para-hydroxylation sites is 2. The van der Waals surface area contributed by atoms with Crippen molar-refractivity contribution >= 4 is 22.8 Å². The number of aromatic nitrogens is 2. The van der Waals surface area contributed by atoms with E-state index in [1.54, 1.807) is 0 Å². The van der Waals surface area contributed by atoms with Gasteiger partial charge < -0.3 is 9.88 Å². The lowest BCUT2D eigenvalue weighted by Gasteiger charge is -2.11. The van der Waals surface area contributed by atoms with E-state index >= 15 is 0 Å². The molecule has 1 aliphatic rings. The highest BCUT2D eigenvalue weighted by molar-refractivity contribution is 7.99. The zero-order valence-electron chi connectivity index (χ0n) is 10.7. The molecular formula is C14H19N3S. The van der Waals surface area contributed by atoms with Gasteiger partial charge in [-0.3, -0.25) is 0 Å². The van der Waals surface area contributed by atoms with E-state index in [0.717, 1.165) is 24.4 Å². The van der Waals surface area contributed by atoms with Gasteiger partial charge in [0.25, 0.3) is 0 Å². The molecule has 1 aliphatic heterocycles. The van der Waals surface area contributed by atoms with Gasteiger partial charge in [0.1, 0.15) is 5.82 Å². The van der Waals surface area contributed by atoms with Gasteiger partial charge in [0, 0.05) is 18.3 Å². The molecule has 1 atom stereocenters.